The van der Waals surface area contributed by atoms with Gasteiger partial charge in [-0.2, -0.15) is 4.98 Å². The van der Waals surface area contributed by atoms with E-state index >= 15 is 0 Å². The number of hydrogen-bond donors (Lipinski definition) is 1. The lowest BCUT2D eigenvalue weighted by Gasteiger charge is -2.35. The van der Waals surface area contributed by atoms with Crippen LogP contribution in [0.1, 0.15) is 57.2 Å². The third-order valence-corrected chi connectivity index (χ3v) is 4.70. The predicted octanol–water partition coefficient (Wildman–Crippen LogP) is 2.42. The molecule has 3 rings (SSSR count). The fourth-order valence-electron chi connectivity index (χ4n) is 2.96. The lowest BCUT2D eigenvalue weighted by atomic mass is 9.79. The summed E-state index contributed by atoms with van der Waals surface area (Å²) in [6.45, 7) is 3.22. The van der Waals surface area contributed by atoms with Crippen molar-refractivity contribution < 1.29 is 9.26 Å². The molecule has 0 aliphatic heterocycles. The molecule has 5 heteroatoms. The standard InChI is InChI=1S/C15H25N3O2/c1-11-5-8-15(19-2,9-6-11)14-17-13(20-18-14)7-10-16-12-3-4-12/h11-12,16H,3-10H2,1-2H3. The SMILES string of the molecule is COC1(c2noc(CCNC3CC3)n2)CCC(C)CC1. The van der Waals surface area contributed by atoms with Crippen molar-refractivity contribution in [3.8, 4) is 0 Å². The first-order chi connectivity index (χ1) is 9.72. The van der Waals surface area contributed by atoms with Crippen molar-refractivity contribution in [1.82, 2.24) is 15.5 Å². The van der Waals surface area contributed by atoms with Crippen molar-refractivity contribution in [3.63, 3.8) is 0 Å². The summed E-state index contributed by atoms with van der Waals surface area (Å²) in [7, 11) is 1.76. The number of rotatable bonds is 6. The van der Waals surface area contributed by atoms with Gasteiger partial charge in [0.15, 0.2) is 0 Å². The maximum Gasteiger partial charge on any atom is 0.228 e. The molecule has 20 heavy (non-hydrogen) atoms. The van der Waals surface area contributed by atoms with Gasteiger partial charge in [-0.25, -0.2) is 0 Å². The Labute approximate surface area is 120 Å². The van der Waals surface area contributed by atoms with Gasteiger partial charge in [-0.1, -0.05) is 12.1 Å². The van der Waals surface area contributed by atoms with Crippen LogP contribution in [0.25, 0.3) is 0 Å². The van der Waals surface area contributed by atoms with E-state index in [1.165, 1.54) is 25.7 Å². The number of aromatic nitrogens is 2. The molecule has 0 saturated heterocycles. The number of methoxy groups -OCH3 is 1. The van der Waals surface area contributed by atoms with E-state index in [1.807, 2.05) is 0 Å². The molecule has 1 heterocycles. The van der Waals surface area contributed by atoms with Crippen LogP contribution in [0.2, 0.25) is 0 Å². The second-order valence-corrected chi connectivity index (χ2v) is 6.37. The molecule has 0 radical (unpaired) electrons. The molecule has 5 nitrogen and oxygen atoms in total. The summed E-state index contributed by atoms with van der Waals surface area (Å²) in [5, 5.41) is 7.65. The molecule has 0 spiro atoms. The first-order valence-corrected chi connectivity index (χ1v) is 7.83. The molecule has 0 atom stereocenters. The number of ether oxygens (including phenoxy) is 1. The Morgan fingerprint density at radius 2 is 2.05 bits per heavy atom. The normalized spacial score (nSPS) is 30.6. The average Bonchev–Trinajstić information content (AvgIpc) is 3.17. The van der Waals surface area contributed by atoms with Crippen LogP contribution < -0.4 is 5.32 Å². The Morgan fingerprint density at radius 3 is 2.70 bits per heavy atom. The highest BCUT2D eigenvalue weighted by Crippen LogP contribution is 2.40. The first-order valence-electron chi connectivity index (χ1n) is 7.83. The number of nitrogens with zero attached hydrogens (tertiary/aromatic N) is 2. The Hall–Kier alpha value is -0.940. The van der Waals surface area contributed by atoms with Crippen molar-refractivity contribution in [1.29, 1.82) is 0 Å². The van der Waals surface area contributed by atoms with E-state index in [-0.39, 0.29) is 5.60 Å². The second kappa shape index (κ2) is 5.82. The molecule has 0 unspecified atom stereocenters. The molecule has 0 bridgehead atoms. The molecular formula is C15H25N3O2. The van der Waals surface area contributed by atoms with Crippen LogP contribution in [0.15, 0.2) is 4.52 Å². The molecule has 0 amide bonds. The highest BCUT2D eigenvalue weighted by Gasteiger charge is 2.40. The van der Waals surface area contributed by atoms with Gasteiger partial charge < -0.3 is 14.6 Å². The van der Waals surface area contributed by atoms with Gasteiger partial charge in [0.05, 0.1) is 0 Å². The van der Waals surface area contributed by atoms with E-state index in [0.717, 1.165) is 49.5 Å². The van der Waals surface area contributed by atoms with Crippen LogP contribution in [0.4, 0.5) is 0 Å². The zero-order valence-corrected chi connectivity index (χ0v) is 12.5. The Balaban J connectivity index is 1.61. The lowest BCUT2D eigenvalue weighted by Crippen LogP contribution is -2.34. The summed E-state index contributed by atoms with van der Waals surface area (Å²) in [6.07, 6.45) is 7.73. The van der Waals surface area contributed by atoms with Crippen LogP contribution >= 0.6 is 0 Å². The monoisotopic (exact) mass is 279 g/mol. The van der Waals surface area contributed by atoms with Crippen molar-refractivity contribution in [2.24, 2.45) is 5.92 Å². The van der Waals surface area contributed by atoms with Crippen LogP contribution in [0, 0.1) is 5.92 Å². The van der Waals surface area contributed by atoms with Gasteiger partial charge in [-0.3, -0.25) is 0 Å². The van der Waals surface area contributed by atoms with Gasteiger partial charge in [-0.15, -0.1) is 0 Å². The van der Waals surface area contributed by atoms with Crippen molar-refractivity contribution in [2.45, 2.75) is 63.5 Å². The van der Waals surface area contributed by atoms with E-state index in [9.17, 15) is 0 Å². The largest absolute Gasteiger partial charge is 0.370 e. The van der Waals surface area contributed by atoms with Gasteiger partial charge in [0.1, 0.15) is 5.60 Å². The minimum absolute atomic E-state index is 0.321. The summed E-state index contributed by atoms with van der Waals surface area (Å²) in [5.74, 6) is 2.24. The van der Waals surface area contributed by atoms with Gasteiger partial charge in [0, 0.05) is 26.1 Å². The minimum atomic E-state index is -0.321. The van der Waals surface area contributed by atoms with Crippen LogP contribution in [-0.4, -0.2) is 29.8 Å². The average molecular weight is 279 g/mol. The fraction of sp³-hybridized carbons (Fsp3) is 0.867. The van der Waals surface area contributed by atoms with E-state index in [2.05, 4.69) is 22.4 Å². The van der Waals surface area contributed by atoms with Gasteiger partial charge >= 0.3 is 0 Å². The fourth-order valence-corrected chi connectivity index (χ4v) is 2.96. The van der Waals surface area contributed by atoms with E-state index in [1.54, 1.807) is 7.11 Å². The Morgan fingerprint density at radius 1 is 1.30 bits per heavy atom. The third-order valence-electron chi connectivity index (χ3n) is 4.70. The molecule has 1 aromatic rings. The highest BCUT2D eigenvalue weighted by atomic mass is 16.5. The zero-order chi connectivity index (χ0) is 14.0. The Bertz CT molecular complexity index is 434. The summed E-state index contributed by atoms with van der Waals surface area (Å²) in [6, 6.07) is 0.725. The first kappa shape index (κ1) is 14.0. The molecule has 2 fully saturated rings. The van der Waals surface area contributed by atoms with Crippen LogP contribution in [-0.2, 0) is 16.8 Å². The second-order valence-electron chi connectivity index (χ2n) is 6.37. The van der Waals surface area contributed by atoms with Crippen molar-refractivity contribution in [3.05, 3.63) is 11.7 Å². The van der Waals surface area contributed by atoms with Crippen LogP contribution in [0.3, 0.4) is 0 Å². The number of nitrogens with one attached hydrogen (secondary N) is 1. The lowest BCUT2D eigenvalue weighted by molar-refractivity contribution is -0.0609. The third kappa shape index (κ3) is 3.04. The topological polar surface area (TPSA) is 60.2 Å². The maximum absolute atomic E-state index is 5.78. The summed E-state index contributed by atoms with van der Waals surface area (Å²) < 4.78 is 11.2. The number of hydrogen-bond acceptors (Lipinski definition) is 5. The van der Waals surface area contributed by atoms with E-state index in [4.69, 9.17) is 9.26 Å². The van der Waals surface area contributed by atoms with Crippen LogP contribution in [0.5, 0.6) is 0 Å². The summed E-state index contributed by atoms with van der Waals surface area (Å²) >= 11 is 0. The maximum atomic E-state index is 5.78. The molecular weight excluding hydrogens is 254 g/mol. The quantitative estimate of drug-likeness (QED) is 0.866. The summed E-state index contributed by atoms with van der Waals surface area (Å²) in [4.78, 5) is 4.58. The zero-order valence-electron chi connectivity index (χ0n) is 12.5. The minimum Gasteiger partial charge on any atom is -0.370 e. The molecule has 112 valence electrons. The summed E-state index contributed by atoms with van der Waals surface area (Å²) in [5.41, 5.74) is -0.321. The van der Waals surface area contributed by atoms with E-state index in [0.29, 0.717) is 0 Å². The van der Waals surface area contributed by atoms with Crippen molar-refractivity contribution >= 4 is 0 Å². The smallest absolute Gasteiger partial charge is 0.228 e. The van der Waals surface area contributed by atoms with Gasteiger partial charge in [0.2, 0.25) is 11.7 Å². The Kier molecular flexibility index (Phi) is 4.08. The van der Waals surface area contributed by atoms with E-state index < -0.39 is 0 Å². The molecule has 0 aromatic carbocycles. The molecule has 1 N–H and O–H groups in total. The molecule has 2 saturated carbocycles. The van der Waals surface area contributed by atoms with Gasteiger partial charge in [-0.05, 0) is 44.4 Å². The molecule has 2 aliphatic rings. The molecule has 1 aromatic heterocycles. The predicted molar refractivity (Wildman–Crippen MR) is 75.3 cm³/mol. The van der Waals surface area contributed by atoms with Crippen molar-refractivity contribution in [2.75, 3.05) is 13.7 Å². The molecule has 2 aliphatic carbocycles. The highest BCUT2D eigenvalue weighted by molar-refractivity contribution is 5.04. The van der Waals surface area contributed by atoms with Gasteiger partial charge in [0.25, 0.3) is 0 Å².